The molecule has 0 bridgehead atoms. The smallest absolute Gasteiger partial charge is 0.217 e. The van der Waals surface area contributed by atoms with E-state index in [1.54, 1.807) is 12.1 Å². The van der Waals surface area contributed by atoms with Gasteiger partial charge in [0.05, 0.1) is 0 Å². The van der Waals surface area contributed by atoms with Crippen molar-refractivity contribution in [3.8, 4) is 0 Å². The molecule has 1 N–H and O–H groups in total. The summed E-state index contributed by atoms with van der Waals surface area (Å²) in [6.45, 7) is 13.0. The van der Waals surface area contributed by atoms with E-state index in [1.165, 1.54) is 17.7 Å². The van der Waals surface area contributed by atoms with Crippen LogP contribution < -0.4 is 4.99 Å². The van der Waals surface area contributed by atoms with Crippen LogP contribution in [0.2, 0.25) is 0 Å². The fourth-order valence-corrected chi connectivity index (χ4v) is 3.12. The van der Waals surface area contributed by atoms with Crippen LogP contribution in [-0.2, 0) is 12.3 Å². The molecule has 146 valence electrons. The molecule has 0 aliphatic rings. The van der Waals surface area contributed by atoms with Crippen molar-refractivity contribution >= 4 is 18.0 Å². The van der Waals surface area contributed by atoms with Crippen molar-refractivity contribution in [1.82, 2.24) is 0 Å². The molecule has 0 fully saturated rings. The molecule has 0 amide bonds. The third kappa shape index (κ3) is 5.35. The van der Waals surface area contributed by atoms with Crippen LogP contribution in [0, 0.1) is 0 Å². The van der Waals surface area contributed by atoms with E-state index in [0.29, 0.717) is 6.42 Å². The lowest BCUT2D eigenvalue weighted by molar-refractivity contribution is -0.332. The third-order valence-corrected chi connectivity index (χ3v) is 4.71. The molecule has 0 saturated heterocycles. The van der Waals surface area contributed by atoms with E-state index >= 15 is 0 Å². The van der Waals surface area contributed by atoms with E-state index < -0.39 is 5.92 Å². The van der Waals surface area contributed by atoms with Crippen molar-refractivity contribution in [1.29, 1.82) is 0 Å². The first-order valence-corrected chi connectivity index (χ1v) is 9.44. The molecule has 0 aromatic heterocycles. The van der Waals surface area contributed by atoms with Crippen molar-refractivity contribution in [3.63, 3.8) is 0 Å². The zero-order valence-electron chi connectivity index (χ0n) is 16.9. The quantitative estimate of drug-likeness (QED) is 0.457. The van der Waals surface area contributed by atoms with Gasteiger partial charge in [-0.1, -0.05) is 62.1 Å². The Hall–Kier alpha value is -2.81. The molecule has 0 heterocycles. The summed E-state index contributed by atoms with van der Waals surface area (Å²) in [6.07, 6.45) is 5.63. The van der Waals surface area contributed by atoms with Gasteiger partial charge in [0.1, 0.15) is 6.72 Å². The van der Waals surface area contributed by atoms with Gasteiger partial charge >= 0.3 is 0 Å². The number of alkyl halides is 2. The lowest BCUT2D eigenvalue weighted by atomic mass is 9.96. The van der Waals surface area contributed by atoms with Crippen molar-refractivity contribution in [2.75, 3.05) is 0 Å². The molecule has 0 atom stereocenters. The number of halogens is 2. The maximum atomic E-state index is 13.3. The second-order valence-electron chi connectivity index (χ2n) is 6.87. The normalized spacial score (nSPS) is 12.8. The van der Waals surface area contributed by atoms with Gasteiger partial charge in [-0.3, -0.25) is 0 Å². The minimum atomic E-state index is -2.82. The standard InChI is InChI=1S/C25H27F2N/c1-6-8-20(7-2)24(28-5)22-13-11-21(12-14-22)18(3)17-19-9-15-23(16-10-19)25(4,26)27/h6,8-16H,3,5,7,17H2,1-2,4H3/p+1/b8-6-,24-20-. The van der Waals surface area contributed by atoms with E-state index in [4.69, 9.17) is 0 Å². The second kappa shape index (κ2) is 9.41. The molecule has 28 heavy (non-hydrogen) atoms. The lowest BCUT2D eigenvalue weighted by Gasteiger charge is -2.12. The topological polar surface area (TPSA) is 14.0 Å². The van der Waals surface area contributed by atoms with Gasteiger partial charge in [0.25, 0.3) is 5.92 Å². The highest BCUT2D eigenvalue weighted by Gasteiger charge is 2.23. The van der Waals surface area contributed by atoms with E-state index in [1.807, 2.05) is 37.3 Å². The second-order valence-corrected chi connectivity index (χ2v) is 6.87. The number of allylic oxidation sites excluding steroid dienone is 4. The Labute approximate surface area is 166 Å². The Kier molecular flexibility index (Phi) is 7.22. The summed E-state index contributed by atoms with van der Waals surface area (Å²) in [6, 6.07) is 14.6. The highest BCUT2D eigenvalue weighted by atomic mass is 19.3. The van der Waals surface area contributed by atoms with Crippen LogP contribution in [0.3, 0.4) is 0 Å². The van der Waals surface area contributed by atoms with Gasteiger partial charge in [0.2, 0.25) is 5.70 Å². The average molecular weight is 381 g/mol. The predicted molar refractivity (Wildman–Crippen MR) is 115 cm³/mol. The first-order valence-electron chi connectivity index (χ1n) is 9.44. The molecule has 2 rings (SSSR count). The molecule has 2 aromatic rings. The van der Waals surface area contributed by atoms with Crippen LogP contribution in [0.1, 0.15) is 49.4 Å². The molecule has 1 nitrogen and oxygen atoms in total. The van der Waals surface area contributed by atoms with Gasteiger partial charge in [0, 0.05) is 23.6 Å². The van der Waals surface area contributed by atoms with Crippen LogP contribution in [0.5, 0.6) is 0 Å². The van der Waals surface area contributed by atoms with Gasteiger partial charge in [-0.25, -0.2) is 13.8 Å². The Morgan fingerprint density at radius 1 is 1.04 bits per heavy atom. The predicted octanol–water partition coefficient (Wildman–Crippen LogP) is 5.53. The number of hydrogen-bond donors (Lipinski definition) is 1. The SMILES string of the molecule is C=[NH+]/C(=C(\C=C/C)CC)c1ccc(C(=C)Cc2ccc(C(C)(F)F)cc2)cc1. The number of benzene rings is 2. The van der Waals surface area contributed by atoms with Crippen LogP contribution in [0.15, 0.2) is 72.8 Å². The molecule has 3 heteroatoms. The number of nitrogens with one attached hydrogen (secondary N) is 1. The van der Waals surface area contributed by atoms with Gasteiger partial charge in [-0.2, -0.15) is 0 Å². The molecule has 0 radical (unpaired) electrons. The minimum Gasteiger partial charge on any atom is -0.217 e. The molecule has 0 saturated carbocycles. The molecule has 0 aliphatic carbocycles. The minimum absolute atomic E-state index is 0.0269. The summed E-state index contributed by atoms with van der Waals surface area (Å²) < 4.78 is 26.7. The Bertz CT molecular complexity index is 880. The van der Waals surface area contributed by atoms with Gasteiger partial charge in [-0.15, -0.1) is 0 Å². The van der Waals surface area contributed by atoms with Crippen LogP contribution in [-0.4, -0.2) is 6.72 Å². The summed E-state index contributed by atoms with van der Waals surface area (Å²) in [4.78, 5) is 3.05. The average Bonchev–Trinajstić information content (AvgIpc) is 2.68. The molecule has 0 aliphatic heterocycles. The van der Waals surface area contributed by atoms with Gasteiger partial charge < -0.3 is 0 Å². The summed E-state index contributed by atoms with van der Waals surface area (Å²) in [5.74, 6) is -2.82. The van der Waals surface area contributed by atoms with Crippen molar-refractivity contribution < 1.29 is 13.8 Å². The number of hydrogen-bond acceptors (Lipinski definition) is 0. The first-order chi connectivity index (χ1) is 13.3. The zero-order valence-corrected chi connectivity index (χ0v) is 16.9. The lowest BCUT2D eigenvalue weighted by Crippen LogP contribution is -2.62. The fourth-order valence-electron chi connectivity index (χ4n) is 3.12. The third-order valence-electron chi connectivity index (χ3n) is 4.71. The molecule has 2 aromatic carbocycles. The number of rotatable bonds is 8. The summed E-state index contributed by atoms with van der Waals surface area (Å²) in [5, 5.41) is 0. The maximum Gasteiger partial charge on any atom is 0.270 e. The van der Waals surface area contributed by atoms with Crippen molar-refractivity contribution in [2.45, 2.75) is 39.5 Å². The summed E-state index contributed by atoms with van der Waals surface area (Å²) in [5.41, 5.74) is 6.23. The van der Waals surface area contributed by atoms with Crippen LogP contribution in [0.4, 0.5) is 8.78 Å². The van der Waals surface area contributed by atoms with E-state index in [0.717, 1.165) is 41.3 Å². The zero-order chi connectivity index (χ0) is 20.7. The Morgan fingerprint density at radius 2 is 1.61 bits per heavy atom. The van der Waals surface area contributed by atoms with Crippen molar-refractivity contribution in [2.24, 2.45) is 0 Å². The molecular formula is C25H28F2N+. The monoisotopic (exact) mass is 380 g/mol. The highest BCUT2D eigenvalue weighted by molar-refractivity contribution is 5.70. The largest absolute Gasteiger partial charge is 0.270 e. The fraction of sp³-hybridized carbons (Fsp3) is 0.240. The molecule has 0 unspecified atom stereocenters. The maximum absolute atomic E-state index is 13.3. The molecule has 0 spiro atoms. The molecular weight excluding hydrogens is 352 g/mol. The van der Waals surface area contributed by atoms with Gasteiger partial charge in [0.15, 0.2) is 0 Å². The van der Waals surface area contributed by atoms with Crippen molar-refractivity contribution in [3.05, 3.63) is 95.1 Å². The summed E-state index contributed by atoms with van der Waals surface area (Å²) >= 11 is 0. The Balaban J connectivity index is 2.19. The highest BCUT2D eigenvalue weighted by Crippen LogP contribution is 2.28. The van der Waals surface area contributed by atoms with Crippen LogP contribution >= 0.6 is 0 Å². The van der Waals surface area contributed by atoms with E-state index in [2.05, 4.69) is 31.3 Å². The van der Waals surface area contributed by atoms with Gasteiger partial charge in [-0.05, 0) is 48.6 Å². The summed E-state index contributed by atoms with van der Waals surface area (Å²) in [7, 11) is 0. The van der Waals surface area contributed by atoms with E-state index in [9.17, 15) is 8.78 Å². The van der Waals surface area contributed by atoms with Crippen LogP contribution in [0.25, 0.3) is 11.3 Å². The van der Waals surface area contributed by atoms with E-state index in [-0.39, 0.29) is 5.56 Å². The Morgan fingerprint density at radius 3 is 2.07 bits per heavy atom. The first kappa shape index (κ1) is 21.5.